The SMILES string of the molecule is CC(CN(CCN1CCCC1)c1nccs1)C(=O)O. The van der Waals surface area contributed by atoms with Gasteiger partial charge < -0.3 is 14.9 Å². The minimum absolute atomic E-state index is 0.373. The predicted molar refractivity (Wildman–Crippen MR) is 76.8 cm³/mol. The number of anilines is 1. The van der Waals surface area contributed by atoms with Crippen LogP contribution in [0.25, 0.3) is 0 Å². The number of aliphatic carboxylic acids is 1. The van der Waals surface area contributed by atoms with Crippen molar-refractivity contribution < 1.29 is 9.90 Å². The van der Waals surface area contributed by atoms with Crippen LogP contribution in [0.15, 0.2) is 11.6 Å². The number of hydrogen-bond donors (Lipinski definition) is 1. The lowest BCUT2D eigenvalue weighted by Gasteiger charge is -2.26. The zero-order valence-corrected chi connectivity index (χ0v) is 12.1. The van der Waals surface area contributed by atoms with E-state index in [0.29, 0.717) is 6.54 Å². The first-order valence-electron chi connectivity index (χ1n) is 6.76. The second-order valence-corrected chi connectivity index (χ2v) is 5.92. The molecule has 1 fully saturated rings. The summed E-state index contributed by atoms with van der Waals surface area (Å²) in [5.41, 5.74) is 0. The summed E-state index contributed by atoms with van der Waals surface area (Å²) in [5.74, 6) is -1.12. The Bertz CT molecular complexity index is 391. The second-order valence-electron chi connectivity index (χ2n) is 5.05. The molecule has 0 aliphatic carbocycles. The van der Waals surface area contributed by atoms with Crippen LogP contribution in [0.3, 0.4) is 0 Å². The van der Waals surface area contributed by atoms with E-state index in [1.807, 2.05) is 5.38 Å². The second kappa shape index (κ2) is 6.86. The highest BCUT2D eigenvalue weighted by atomic mass is 32.1. The van der Waals surface area contributed by atoms with Gasteiger partial charge in [-0.3, -0.25) is 4.79 Å². The largest absolute Gasteiger partial charge is 0.481 e. The third-order valence-electron chi connectivity index (χ3n) is 3.49. The molecule has 19 heavy (non-hydrogen) atoms. The molecule has 1 atom stereocenters. The van der Waals surface area contributed by atoms with Gasteiger partial charge in [0.25, 0.3) is 0 Å². The van der Waals surface area contributed by atoms with E-state index in [2.05, 4.69) is 14.8 Å². The lowest BCUT2D eigenvalue weighted by Crippen LogP contribution is -2.37. The fraction of sp³-hybridized carbons (Fsp3) is 0.692. The van der Waals surface area contributed by atoms with E-state index in [1.54, 1.807) is 24.5 Å². The highest BCUT2D eigenvalue weighted by Gasteiger charge is 2.19. The van der Waals surface area contributed by atoms with E-state index in [0.717, 1.165) is 18.2 Å². The van der Waals surface area contributed by atoms with Crippen LogP contribution in [0.2, 0.25) is 0 Å². The maximum Gasteiger partial charge on any atom is 0.308 e. The van der Waals surface area contributed by atoms with Crippen molar-refractivity contribution in [1.29, 1.82) is 0 Å². The van der Waals surface area contributed by atoms with Crippen molar-refractivity contribution >= 4 is 22.4 Å². The molecule has 6 heteroatoms. The topological polar surface area (TPSA) is 56.7 Å². The molecule has 0 radical (unpaired) electrons. The van der Waals surface area contributed by atoms with Crippen molar-refractivity contribution in [3.63, 3.8) is 0 Å². The van der Waals surface area contributed by atoms with Gasteiger partial charge in [-0.15, -0.1) is 11.3 Å². The van der Waals surface area contributed by atoms with Gasteiger partial charge in [-0.2, -0.15) is 0 Å². The molecular formula is C13H21N3O2S. The number of rotatable bonds is 7. The molecule has 1 aromatic rings. The van der Waals surface area contributed by atoms with Crippen LogP contribution in [0.4, 0.5) is 5.13 Å². The summed E-state index contributed by atoms with van der Waals surface area (Å²) in [7, 11) is 0. The Morgan fingerprint density at radius 2 is 2.32 bits per heavy atom. The minimum atomic E-state index is -0.747. The van der Waals surface area contributed by atoms with Gasteiger partial charge in [-0.05, 0) is 25.9 Å². The summed E-state index contributed by atoms with van der Waals surface area (Å²) in [6.07, 6.45) is 4.33. The van der Waals surface area contributed by atoms with Crippen LogP contribution in [-0.4, -0.2) is 53.7 Å². The Labute approximate surface area is 117 Å². The molecule has 1 aromatic heterocycles. The van der Waals surface area contributed by atoms with Crippen LogP contribution >= 0.6 is 11.3 Å². The van der Waals surface area contributed by atoms with Crippen molar-refractivity contribution in [1.82, 2.24) is 9.88 Å². The van der Waals surface area contributed by atoms with Gasteiger partial charge in [0.15, 0.2) is 5.13 Å². The minimum Gasteiger partial charge on any atom is -0.481 e. The van der Waals surface area contributed by atoms with Gasteiger partial charge in [0.2, 0.25) is 0 Å². The average molecular weight is 283 g/mol. The molecule has 5 nitrogen and oxygen atoms in total. The van der Waals surface area contributed by atoms with Gasteiger partial charge in [-0.25, -0.2) is 4.98 Å². The summed E-state index contributed by atoms with van der Waals surface area (Å²) < 4.78 is 0. The Morgan fingerprint density at radius 1 is 1.58 bits per heavy atom. The third kappa shape index (κ3) is 4.18. The van der Waals surface area contributed by atoms with Crippen LogP contribution in [-0.2, 0) is 4.79 Å². The Balaban J connectivity index is 1.91. The summed E-state index contributed by atoms with van der Waals surface area (Å²) >= 11 is 1.57. The summed E-state index contributed by atoms with van der Waals surface area (Å²) in [6.45, 7) is 6.45. The summed E-state index contributed by atoms with van der Waals surface area (Å²) in [5, 5.41) is 11.9. The van der Waals surface area contributed by atoms with E-state index >= 15 is 0 Å². The number of likely N-dealkylation sites (tertiary alicyclic amines) is 1. The first-order chi connectivity index (χ1) is 9.16. The number of carboxylic acid groups (broad SMARTS) is 1. The number of aromatic nitrogens is 1. The lowest BCUT2D eigenvalue weighted by atomic mass is 10.2. The fourth-order valence-electron chi connectivity index (χ4n) is 2.31. The van der Waals surface area contributed by atoms with Crippen molar-refractivity contribution in [2.75, 3.05) is 37.6 Å². The van der Waals surface area contributed by atoms with Crippen molar-refractivity contribution in [2.45, 2.75) is 19.8 Å². The van der Waals surface area contributed by atoms with E-state index < -0.39 is 5.97 Å². The molecule has 1 aliphatic rings. The smallest absolute Gasteiger partial charge is 0.308 e. The molecule has 0 amide bonds. The standard InChI is InChI=1S/C13H21N3O2S/c1-11(12(17)18)10-16(13-14-4-9-19-13)8-7-15-5-2-3-6-15/h4,9,11H,2-3,5-8,10H2,1H3,(H,17,18). The Morgan fingerprint density at radius 3 is 2.89 bits per heavy atom. The highest BCUT2D eigenvalue weighted by Crippen LogP contribution is 2.19. The predicted octanol–water partition coefficient (Wildman–Crippen LogP) is 1.77. The monoisotopic (exact) mass is 283 g/mol. The lowest BCUT2D eigenvalue weighted by molar-refractivity contribution is -0.140. The number of hydrogen-bond acceptors (Lipinski definition) is 5. The Hall–Kier alpha value is -1.14. The van der Waals surface area contributed by atoms with Crippen molar-refractivity contribution in [3.8, 4) is 0 Å². The molecule has 0 spiro atoms. The molecule has 2 heterocycles. The van der Waals surface area contributed by atoms with Gasteiger partial charge in [0.05, 0.1) is 5.92 Å². The molecule has 1 saturated heterocycles. The van der Waals surface area contributed by atoms with Gasteiger partial charge in [-0.1, -0.05) is 6.92 Å². The molecular weight excluding hydrogens is 262 g/mol. The van der Waals surface area contributed by atoms with E-state index in [4.69, 9.17) is 5.11 Å². The number of carbonyl (C=O) groups is 1. The normalized spacial score (nSPS) is 17.5. The molecule has 2 rings (SSSR count). The number of carboxylic acids is 1. The van der Waals surface area contributed by atoms with Crippen LogP contribution in [0.1, 0.15) is 19.8 Å². The van der Waals surface area contributed by atoms with Gasteiger partial charge in [0, 0.05) is 31.2 Å². The van der Waals surface area contributed by atoms with E-state index in [-0.39, 0.29) is 5.92 Å². The van der Waals surface area contributed by atoms with Gasteiger partial charge >= 0.3 is 5.97 Å². The zero-order valence-electron chi connectivity index (χ0n) is 11.3. The summed E-state index contributed by atoms with van der Waals surface area (Å²) in [4.78, 5) is 19.9. The maximum atomic E-state index is 11.0. The molecule has 0 saturated carbocycles. The highest BCUT2D eigenvalue weighted by molar-refractivity contribution is 7.13. The van der Waals surface area contributed by atoms with E-state index in [1.165, 1.54) is 25.9 Å². The van der Waals surface area contributed by atoms with Crippen LogP contribution in [0, 0.1) is 5.92 Å². The van der Waals surface area contributed by atoms with Gasteiger partial charge in [0.1, 0.15) is 0 Å². The zero-order chi connectivity index (χ0) is 13.7. The third-order valence-corrected chi connectivity index (χ3v) is 4.32. The molecule has 0 bridgehead atoms. The molecule has 1 N–H and O–H groups in total. The molecule has 1 unspecified atom stereocenters. The number of thiazole rings is 1. The fourth-order valence-corrected chi connectivity index (χ4v) is 2.99. The molecule has 1 aliphatic heterocycles. The molecule has 106 valence electrons. The van der Waals surface area contributed by atoms with Crippen molar-refractivity contribution in [2.24, 2.45) is 5.92 Å². The molecule has 0 aromatic carbocycles. The van der Waals surface area contributed by atoms with Crippen LogP contribution in [0.5, 0.6) is 0 Å². The number of nitrogens with zero attached hydrogens (tertiary/aromatic N) is 3. The maximum absolute atomic E-state index is 11.0. The first-order valence-corrected chi connectivity index (χ1v) is 7.64. The quantitative estimate of drug-likeness (QED) is 0.826. The average Bonchev–Trinajstić information content (AvgIpc) is 3.06. The Kier molecular flexibility index (Phi) is 5.15. The van der Waals surface area contributed by atoms with Crippen molar-refractivity contribution in [3.05, 3.63) is 11.6 Å². The first kappa shape index (κ1) is 14.3. The summed E-state index contributed by atoms with van der Waals surface area (Å²) in [6, 6.07) is 0. The van der Waals surface area contributed by atoms with Crippen LogP contribution < -0.4 is 4.90 Å². The van der Waals surface area contributed by atoms with E-state index in [9.17, 15) is 4.79 Å².